The Labute approximate surface area is 179 Å². The van der Waals surface area contributed by atoms with Crippen LogP contribution in [0.15, 0.2) is 74.3 Å². The number of rotatable bonds is 7. The summed E-state index contributed by atoms with van der Waals surface area (Å²) < 4.78 is 8.38. The van der Waals surface area contributed by atoms with Crippen molar-refractivity contribution >= 4 is 34.0 Å². The number of hydrogen-bond donors (Lipinski definition) is 0. The molecular weight excluding hydrogens is 420 g/mol. The van der Waals surface area contributed by atoms with E-state index in [9.17, 15) is 19.7 Å². The minimum atomic E-state index is -0.612. The van der Waals surface area contributed by atoms with E-state index in [0.717, 1.165) is 5.56 Å². The highest BCUT2D eigenvalue weighted by Crippen LogP contribution is 2.20. The standard InChI is InChI=1S/C21H18N4O5S/c26-19(22-20-23(11-12-31-20)14-15-5-2-1-3-6-15)7-4-10-24-17-9-8-16(25(28)29)13-18(17)30-21(24)27/h1-3,5-6,8-9,11-13H,4,7,10,14H2. The molecule has 0 N–H and O–H groups in total. The van der Waals surface area contributed by atoms with Gasteiger partial charge in [-0.1, -0.05) is 30.3 Å². The number of nitro benzene ring substituents is 1. The van der Waals surface area contributed by atoms with Gasteiger partial charge in [-0.2, -0.15) is 4.99 Å². The number of hydrogen-bond acceptors (Lipinski definition) is 6. The van der Waals surface area contributed by atoms with Crippen molar-refractivity contribution in [2.45, 2.75) is 25.9 Å². The molecule has 0 atom stereocenters. The first-order chi connectivity index (χ1) is 15.0. The van der Waals surface area contributed by atoms with Crippen molar-refractivity contribution in [2.75, 3.05) is 0 Å². The molecule has 31 heavy (non-hydrogen) atoms. The summed E-state index contributed by atoms with van der Waals surface area (Å²) in [5.41, 5.74) is 1.57. The molecule has 2 aromatic carbocycles. The first-order valence-electron chi connectivity index (χ1n) is 9.54. The monoisotopic (exact) mass is 438 g/mol. The molecule has 0 radical (unpaired) electrons. The van der Waals surface area contributed by atoms with Gasteiger partial charge in [-0.3, -0.25) is 19.5 Å². The van der Waals surface area contributed by atoms with Crippen molar-refractivity contribution in [2.24, 2.45) is 4.99 Å². The third-order valence-electron chi connectivity index (χ3n) is 4.71. The van der Waals surface area contributed by atoms with Crippen molar-refractivity contribution in [1.82, 2.24) is 9.13 Å². The van der Waals surface area contributed by atoms with Gasteiger partial charge in [0.1, 0.15) is 0 Å². The van der Waals surface area contributed by atoms with Crippen molar-refractivity contribution in [3.63, 3.8) is 0 Å². The lowest BCUT2D eigenvalue weighted by Gasteiger charge is -2.03. The van der Waals surface area contributed by atoms with Gasteiger partial charge in [-0.05, 0) is 18.1 Å². The topological polar surface area (TPSA) is 113 Å². The van der Waals surface area contributed by atoms with Gasteiger partial charge in [0, 0.05) is 37.2 Å². The zero-order valence-electron chi connectivity index (χ0n) is 16.3. The molecule has 4 rings (SSSR count). The lowest BCUT2D eigenvalue weighted by molar-refractivity contribution is -0.384. The molecule has 2 aromatic heterocycles. The van der Waals surface area contributed by atoms with Crippen molar-refractivity contribution < 1.29 is 14.1 Å². The van der Waals surface area contributed by atoms with Gasteiger partial charge in [0.05, 0.1) is 16.5 Å². The van der Waals surface area contributed by atoms with E-state index in [2.05, 4.69) is 4.99 Å². The van der Waals surface area contributed by atoms with Crippen LogP contribution in [0.2, 0.25) is 0 Å². The molecule has 0 aliphatic heterocycles. The van der Waals surface area contributed by atoms with Crippen LogP contribution in [0.4, 0.5) is 5.69 Å². The van der Waals surface area contributed by atoms with Gasteiger partial charge in [0.2, 0.25) is 5.91 Å². The second-order valence-electron chi connectivity index (χ2n) is 6.84. The minimum Gasteiger partial charge on any atom is -0.407 e. The molecule has 9 nitrogen and oxygen atoms in total. The van der Waals surface area contributed by atoms with E-state index < -0.39 is 10.7 Å². The Bertz CT molecular complexity index is 1360. The van der Waals surface area contributed by atoms with Crippen molar-refractivity contribution in [1.29, 1.82) is 0 Å². The molecule has 0 unspecified atom stereocenters. The van der Waals surface area contributed by atoms with Crippen molar-refractivity contribution in [3.8, 4) is 0 Å². The zero-order chi connectivity index (χ0) is 21.8. The molecule has 0 aliphatic rings. The lowest BCUT2D eigenvalue weighted by Crippen LogP contribution is -2.18. The third kappa shape index (κ3) is 4.69. The number of fused-ring (bicyclic) bond motifs is 1. The molecule has 0 saturated heterocycles. The van der Waals surface area contributed by atoms with Crippen LogP contribution in [0.3, 0.4) is 0 Å². The average Bonchev–Trinajstić information content (AvgIpc) is 3.31. The molecule has 4 aromatic rings. The molecular formula is C21H18N4O5S. The fraction of sp³-hybridized carbons (Fsp3) is 0.190. The van der Waals surface area contributed by atoms with Crippen LogP contribution >= 0.6 is 11.3 Å². The molecule has 0 fully saturated rings. The fourth-order valence-electron chi connectivity index (χ4n) is 3.22. The van der Waals surface area contributed by atoms with E-state index >= 15 is 0 Å². The van der Waals surface area contributed by atoms with Crippen LogP contribution < -0.4 is 10.6 Å². The summed E-state index contributed by atoms with van der Waals surface area (Å²) in [7, 11) is 0. The van der Waals surface area contributed by atoms with Crippen LogP contribution in [0.1, 0.15) is 18.4 Å². The second-order valence-corrected chi connectivity index (χ2v) is 7.71. The molecule has 0 bridgehead atoms. The number of aromatic nitrogens is 2. The van der Waals surface area contributed by atoms with Gasteiger partial charge >= 0.3 is 5.76 Å². The van der Waals surface area contributed by atoms with Crippen LogP contribution in [0, 0.1) is 10.1 Å². The summed E-state index contributed by atoms with van der Waals surface area (Å²) in [6.07, 6.45) is 2.44. The molecule has 0 saturated carbocycles. The maximum Gasteiger partial charge on any atom is 0.419 e. The molecule has 0 aliphatic carbocycles. The Balaban J connectivity index is 1.43. The first-order valence-corrected chi connectivity index (χ1v) is 10.4. The fourth-order valence-corrected chi connectivity index (χ4v) is 3.96. The zero-order valence-corrected chi connectivity index (χ0v) is 17.2. The Hall–Kier alpha value is -3.79. The Morgan fingerprint density at radius 1 is 1.19 bits per heavy atom. The maximum atomic E-state index is 12.4. The summed E-state index contributed by atoms with van der Waals surface area (Å²) in [5, 5.41) is 12.8. The van der Waals surface area contributed by atoms with Gasteiger partial charge in [0.25, 0.3) is 5.69 Å². The Morgan fingerprint density at radius 3 is 2.77 bits per heavy atom. The summed E-state index contributed by atoms with van der Waals surface area (Å²) in [5.74, 6) is -0.889. The van der Waals surface area contributed by atoms with E-state index in [1.165, 1.54) is 34.1 Å². The van der Waals surface area contributed by atoms with E-state index in [4.69, 9.17) is 4.42 Å². The number of aryl methyl sites for hydroxylation is 1. The quantitative estimate of drug-likeness (QED) is 0.324. The van der Waals surface area contributed by atoms with E-state index in [1.54, 1.807) is 0 Å². The minimum absolute atomic E-state index is 0.149. The number of nitro groups is 1. The van der Waals surface area contributed by atoms with E-state index in [1.807, 2.05) is 46.5 Å². The van der Waals surface area contributed by atoms with Crippen LogP contribution in [0.25, 0.3) is 11.1 Å². The summed E-state index contributed by atoms with van der Waals surface area (Å²) in [6.45, 7) is 0.873. The number of thiazole rings is 1. The highest BCUT2D eigenvalue weighted by atomic mass is 32.1. The Morgan fingerprint density at radius 2 is 2.00 bits per heavy atom. The SMILES string of the molecule is O=C(CCCn1c(=O)oc2cc([N+](=O)[O-])ccc21)N=c1sccn1Cc1ccccc1. The summed E-state index contributed by atoms with van der Waals surface area (Å²) in [4.78, 5) is 39.6. The summed E-state index contributed by atoms with van der Waals surface area (Å²) in [6, 6.07) is 13.9. The largest absolute Gasteiger partial charge is 0.419 e. The number of nitrogens with zero attached hydrogens (tertiary/aromatic N) is 4. The number of carbonyl (C=O) groups excluding carboxylic acids is 1. The number of non-ortho nitro benzene ring substituents is 1. The molecule has 158 valence electrons. The summed E-state index contributed by atoms with van der Waals surface area (Å²) >= 11 is 1.39. The van der Waals surface area contributed by atoms with Gasteiger partial charge in [0.15, 0.2) is 10.4 Å². The Kier molecular flexibility index (Phi) is 5.89. The molecule has 10 heteroatoms. The van der Waals surface area contributed by atoms with Crippen LogP contribution in [-0.4, -0.2) is 20.0 Å². The first kappa shape index (κ1) is 20.5. The van der Waals surface area contributed by atoms with E-state index in [0.29, 0.717) is 23.3 Å². The van der Waals surface area contributed by atoms with Gasteiger partial charge in [-0.15, -0.1) is 11.3 Å². The number of oxazole rings is 1. The van der Waals surface area contributed by atoms with Gasteiger partial charge in [-0.25, -0.2) is 4.79 Å². The lowest BCUT2D eigenvalue weighted by atomic mass is 10.2. The molecule has 2 heterocycles. The maximum absolute atomic E-state index is 12.4. The normalized spacial score (nSPS) is 11.8. The van der Waals surface area contributed by atoms with E-state index in [-0.39, 0.29) is 30.1 Å². The smallest absolute Gasteiger partial charge is 0.407 e. The second kappa shape index (κ2) is 8.92. The van der Waals surface area contributed by atoms with Crippen molar-refractivity contribution in [3.05, 3.63) is 91.1 Å². The number of benzene rings is 2. The molecule has 1 amide bonds. The van der Waals surface area contributed by atoms with Crippen LogP contribution in [0.5, 0.6) is 0 Å². The van der Waals surface area contributed by atoms with Gasteiger partial charge < -0.3 is 8.98 Å². The predicted octanol–water partition coefficient (Wildman–Crippen LogP) is 3.32. The third-order valence-corrected chi connectivity index (χ3v) is 5.51. The molecule has 0 spiro atoms. The number of carbonyl (C=O) groups is 1. The number of amides is 1. The predicted molar refractivity (Wildman–Crippen MR) is 115 cm³/mol. The van der Waals surface area contributed by atoms with Crippen LogP contribution in [-0.2, 0) is 17.9 Å². The average molecular weight is 438 g/mol. The highest BCUT2D eigenvalue weighted by Gasteiger charge is 2.14. The highest BCUT2D eigenvalue weighted by molar-refractivity contribution is 7.07.